The first-order chi connectivity index (χ1) is 12.3. The average molecular weight is 364 g/mol. The minimum absolute atomic E-state index is 0.171. The van der Waals surface area contributed by atoms with Crippen LogP contribution in [-0.4, -0.2) is 31.9 Å². The van der Waals surface area contributed by atoms with E-state index in [0.29, 0.717) is 17.4 Å². The Balaban J connectivity index is 2.88. The van der Waals surface area contributed by atoms with Gasteiger partial charge in [0, 0.05) is 5.41 Å². The van der Waals surface area contributed by atoms with Crippen LogP contribution < -0.4 is 0 Å². The lowest BCUT2D eigenvalue weighted by molar-refractivity contribution is -0.0286. The molecule has 0 heterocycles. The Hall–Kier alpha value is -2.04. The maximum absolute atomic E-state index is 12.3. The van der Waals surface area contributed by atoms with E-state index in [2.05, 4.69) is 27.7 Å². The smallest absolute Gasteiger partial charge is 0.461 e. The molecule has 0 amide bonds. The monoisotopic (exact) mass is 364 g/mol. The van der Waals surface area contributed by atoms with Crippen molar-refractivity contribution in [3.8, 4) is 0 Å². The maximum Gasteiger partial charge on any atom is 0.508 e. The van der Waals surface area contributed by atoms with E-state index in [9.17, 15) is 9.59 Å². The van der Waals surface area contributed by atoms with E-state index in [0.717, 1.165) is 12.8 Å². The second-order valence-corrected chi connectivity index (χ2v) is 7.61. The highest BCUT2D eigenvalue weighted by Crippen LogP contribution is 2.35. The van der Waals surface area contributed by atoms with Gasteiger partial charge >= 0.3 is 12.1 Å². The maximum atomic E-state index is 12.3. The zero-order chi connectivity index (χ0) is 19.6. The molecular weight excluding hydrogens is 332 g/mol. The number of hydrogen-bond acceptors (Lipinski definition) is 5. The van der Waals surface area contributed by atoms with Gasteiger partial charge in [-0.3, -0.25) is 0 Å². The topological polar surface area (TPSA) is 61.8 Å². The van der Waals surface area contributed by atoms with Crippen molar-refractivity contribution in [3.05, 3.63) is 35.9 Å². The molecule has 0 aliphatic carbocycles. The van der Waals surface area contributed by atoms with Crippen molar-refractivity contribution in [2.24, 2.45) is 17.3 Å². The third kappa shape index (κ3) is 7.89. The molecule has 0 fully saturated rings. The van der Waals surface area contributed by atoms with Gasteiger partial charge in [-0.25, -0.2) is 9.59 Å². The van der Waals surface area contributed by atoms with Crippen LogP contribution in [0, 0.1) is 17.3 Å². The molecule has 146 valence electrons. The number of esters is 1. The summed E-state index contributed by atoms with van der Waals surface area (Å²) in [4.78, 5) is 24.0. The molecule has 0 aromatic heterocycles. The van der Waals surface area contributed by atoms with Crippen molar-refractivity contribution >= 4 is 12.1 Å². The zero-order valence-corrected chi connectivity index (χ0v) is 16.6. The molecule has 1 rings (SSSR count). The lowest BCUT2D eigenvalue weighted by Gasteiger charge is -2.35. The number of benzene rings is 1. The van der Waals surface area contributed by atoms with E-state index in [-0.39, 0.29) is 25.8 Å². The quantitative estimate of drug-likeness (QED) is 0.541. The van der Waals surface area contributed by atoms with Crippen LogP contribution in [0.2, 0.25) is 0 Å². The molecule has 0 bridgehead atoms. The minimum Gasteiger partial charge on any atom is -0.461 e. The van der Waals surface area contributed by atoms with Crippen molar-refractivity contribution in [2.75, 3.05) is 19.8 Å². The Kier molecular flexibility index (Phi) is 9.17. The molecule has 0 spiro atoms. The van der Waals surface area contributed by atoms with Crippen molar-refractivity contribution in [2.45, 2.75) is 47.5 Å². The van der Waals surface area contributed by atoms with Crippen molar-refractivity contribution in [1.29, 1.82) is 0 Å². The van der Waals surface area contributed by atoms with Crippen LogP contribution in [0.25, 0.3) is 0 Å². The molecule has 1 aromatic carbocycles. The van der Waals surface area contributed by atoms with Gasteiger partial charge in [0.05, 0.1) is 12.2 Å². The van der Waals surface area contributed by atoms with E-state index in [1.54, 1.807) is 31.2 Å². The summed E-state index contributed by atoms with van der Waals surface area (Å²) < 4.78 is 15.8. The van der Waals surface area contributed by atoms with Gasteiger partial charge in [0.2, 0.25) is 0 Å². The third-order valence-electron chi connectivity index (χ3n) is 3.96. The molecule has 1 aromatic rings. The number of carbonyl (C=O) groups excluding carboxylic acids is 2. The Morgan fingerprint density at radius 2 is 1.42 bits per heavy atom. The fourth-order valence-corrected chi connectivity index (χ4v) is 3.34. The van der Waals surface area contributed by atoms with Crippen LogP contribution in [0.3, 0.4) is 0 Å². The summed E-state index contributed by atoms with van der Waals surface area (Å²) >= 11 is 0. The van der Waals surface area contributed by atoms with Gasteiger partial charge in [0.1, 0.15) is 13.2 Å². The van der Waals surface area contributed by atoms with Gasteiger partial charge in [-0.1, -0.05) is 45.9 Å². The molecule has 0 aliphatic rings. The summed E-state index contributed by atoms with van der Waals surface area (Å²) in [6, 6.07) is 8.91. The average Bonchev–Trinajstić information content (AvgIpc) is 2.58. The van der Waals surface area contributed by atoms with E-state index in [4.69, 9.17) is 14.2 Å². The van der Waals surface area contributed by atoms with Gasteiger partial charge in [0.25, 0.3) is 0 Å². The molecule has 0 saturated heterocycles. The van der Waals surface area contributed by atoms with E-state index in [1.807, 2.05) is 6.07 Å². The number of ether oxygens (including phenoxy) is 3. The molecule has 0 saturated carbocycles. The van der Waals surface area contributed by atoms with Crippen LogP contribution in [0.5, 0.6) is 0 Å². The highest BCUT2D eigenvalue weighted by atomic mass is 16.7. The van der Waals surface area contributed by atoms with Crippen molar-refractivity contribution in [3.63, 3.8) is 0 Å². The molecule has 26 heavy (non-hydrogen) atoms. The first kappa shape index (κ1) is 22.0. The lowest BCUT2D eigenvalue weighted by Crippen LogP contribution is -2.37. The first-order valence-corrected chi connectivity index (χ1v) is 9.29. The van der Waals surface area contributed by atoms with Crippen LogP contribution in [0.1, 0.15) is 57.8 Å². The predicted octanol–water partition coefficient (Wildman–Crippen LogP) is 5.10. The highest BCUT2D eigenvalue weighted by molar-refractivity contribution is 5.89. The Morgan fingerprint density at radius 3 is 1.92 bits per heavy atom. The second kappa shape index (κ2) is 10.8. The van der Waals surface area contributed by atoms with Crippen LogP contribution in [-0.2, 0) is 14.2 Å². The second-order valence-electron chi connectivity index (χ2n) is 7.61. The van der Waals surface area contributed by atoms with E-state index >= 15 is 0 Å². The molecule has 0 radical (unpaired) electrons. The van der Waals surface area contributed by atoms with E-state index < -0.39 is 11.6 Å². The van der Waals surface area contributed by atoms with Gasteiger partial charge < -0.3 is 14.2 Å². The standard InChI is InChI=1S/C21H32O5/c1-6-24-20(23)26-15-21(12-16(2)3,13-17(4)5)14-25-19(22)18-10-8-7-9-11-18/h7-11,16-17H,6,12-15H2,1-5H3. The van der Waals surface area contributed by atoms with Crippen molar-refractivity contribution in [1.82, 2.24) is 0 Å². The van der Waals surface area contributed by atoms with Gasteiger partial charge in [-0.15, -0.1) is 0 Å². The minimum atomic E-state index is -0.682. The predicted molar refractivity (Wildman–Crippen MR) is 101 cm³/mol. The number of rotatable bonds is 10. The Morgan fingerprint density at radius 1 is 0.885 bits per heavy atom. The molecule has 0 aliphatic heterocycles. The molecule has 0 unspecified atom stereocenters. The summed E-state index contributed by atoms with van der Waals surface area (Å²) in [6.45, 7) is 10.8. The van der Waals surface area contributed by atoms with Gasteiger partial charge in [-0.2, -0.15) is 0 Å². The normalized spacial score (nSPS) is 11.5. The Bertz CT molecular complexity index is 541. The fourth-order valence-electron chi connectivity index (χ4n) is 3.34. The molecular formula is C21H32O5. The van der Waals surface area contributed by atoms with Crippen LogP contribution in [0.4, 0.5) is 4.79 Å². The van der Waals surface area contributed by atoms with Crippen LogP contribution in [0.15, 0.2) is 30.3 Å². The largest absolute Gasteiger partial charge is 0.508 e. The van der Waals surface area contributed by atoms with Gasteiger partial charge in [-0.05, 0) is 43.7 Å². The van der Waals surface area contributed by atoms with Gasteiger partial charge in [0.15, 0.2) is 0 Å². The zero-order valence-electron chi connectivity index (χ0n) is 16.6. The molecule has 5 nitrogen and oxygen atoms in total. The summed E-state index contributed by atoms with van der Waals surface area (Å²) in [5.41, 5.74) is 0.0845. The fraction of sp³-hybridized carbons (Fsp3) is 0.619. The summed E-state index contributed by atoms with van der Waals surface area (Å²) in [5, 5.41) is 0. The lowest BCUT2D eigenvalue weighted by atomic mass is 9.75. The highest BCUT2D eigenvalue weighted by Gasteiger charge is 2.35. The first-order valence-electron chi connectivity index (χ1n) is 9.29. The van der Waals surface area contributed by atoms with Crippen LogP contribution >= 0.6 is 0 Å². The third-order valence-corrected chi connectivity index (χ3v) is 3.96. The van der Waals surface area contributed by atoms with E-state index in [1.165, 1.54) is 0 Å². The molecule has 0 atom stereocenters. The SMILES string of the molecule is CCOC(=O)OCC(COC(=O)c1ccccc1)(CC(C)C)CC(C)C. The summed E-state index contributed by atoms with van der Waals surface area (Å²) in [5.74, 6) is 0.378. The molecule has 5 heteroatoms. The summed E-state index contributed by atoms with van der Waals surface area (Å²) in [7, 11) is 0. The van der Waals surface area contributed by atoms with Crippen molar-refractivity contribution < 1.29 is 23.8 Å². The molecule has 0 N–H and O–H groups in total. The Labute approximate surface area is 157 Å². The number of hydrogen-bond donors (Lipinski definition) is 0. The number of carbonyl (C=O) groups is 2. The summed E-state index contributed by atoms with van der Waals surface area (Å²) in [6.07, 6.45) is 0.887.